The molecule has 30 heavy (non-hydrogen) atoms. The third-order valence-corrected chi connectivity index (χ3v) is 4.50. The normalized spacial score (nSPS) is 11.6. The summed E-state index contributed by atoms with van der Waals surface area (Å²) in [5.74, 6) is 0.243. The first kappa shape index (κ1) is 20.0. The average Bonchev–Trinajstić information content (AvgIpc) is 3.30. The van der Waals surface area contributed by atoms with E-state index in [4.69, 9.17) is 16.1 Å². The number of pyridine rings is 1. The Kier molecular flexibility index (Phi) is 5.21. The quantitative estimate of drug-likeness (QED) is 0.387. The molecule has 1 aromatic carbocycles. The summed E-state index contributed by atoms with van der Waals surface area (Å²) in [5.41, 5.74) is 3.19. The van der Waals surface area contributed by atoms with Gasteiger partial charge in [0, 0.05) is 30.2 Å². The molecular formula is C20H14ClF3N4O2. The molecule has 0 aliphatic rings. The summed E-state index contributed by atoms with van der Waals surface area (Å²) in [6, 6.07) is 10.8. The van der Waals surface area contributed by atoms with Gasteiger partial charge in [-0.3, -0.25) is 0 Å². The summed E-state index contributed by atoms with van der Waals surface area (Å²) >= 11 is 5.82. The van der Waals surface area contributed by atoms with Crippen LogP contribution in [-0.2, 0) is 6.54 Å². The van der Waals surface area contributed by atoms with Crippen LogP contribution in [0.3, 0.4) is 0 Å². The topological polar surface area (TPSA) is 66.0 Å². The van der Waals surface area contributed by atoms with E-state index in [-0.39, 0.29) is 11.6 Å². The van der Waals surface area contributed by atoms with E-state index in [1.165, 1.54) is 24.3 Å². The summed E-state index contributed by atoms with van der Waals surface area (Å²) in [7, 11) is 0. The van der Waals surface area contributed by atoms with Gasteiger partial charge in [-0.2, -0.15) is 4.98 Å². The maximum Gasteiger partial charge on any atom is 0.573 e. The third kappa shape index (κ3) is 4.62. The molecule has 10 heteroatoms. The van der Waals surface area contributed by atoms with Gasteiger partial charge in [0.25, 0.3) is 5.89 Å². The predicted molar refractivity (Wildman–Crippen MR) is 103 cm³/mol. The summed E-state index contributed by atoms with van der Waals surface area (Å²) in [6.45, 7) is 2.54. The average molecular weight is 435 g/mol. The van der Waals surface area contributed by atoms with Crippen LogP contribution in [-0.4, -0.2) is 26.1 Å². The van der Waals surface area contributed by atoms with Crippen molar-refractivity contribution < 1.29 is 22.4 Å². The van der Waals surface area contributed by atoms with Crippen molar-refractivity contribution >= 4 is 11.6 Å². The fraction of sp³-hybridized carbons (Fsp3) is 0.150. The number of hydrogen-bond donors (Lipinski definition) is 0. The zero-order valence-corrected chi connectivity index (χ0v) is 16.3. The molecule has 0 bridgehead atoms. The summed E-state index contributed by atoms with van der Waals surface area (Å²) in [4.78, 5) is 8.42. The number of hydrogen-bond acceptors (Lipinski definition) is 5. The van der Waals surface area contributed by atoms with E-state index in [1.807, 2.05) is 29.8 Å². The highest BCUT2D eigenvalue weighted by Crippen LogP contribution is 2.27. The smallest absolute Gasteiger partial charge is 0.406 e. The van der Waals surface area contributed by atoms with Crippen LogP contribution in [0.25, 0.3) is 22.8 Å². The van der Waals surface area contributed by atoms with Gasteiger partial charge in [-0.25, -0.2) is 4.98 Å². The minimum absolute atomic E-state index is 0.260. The van der Waals surface area contributed by atoms with E-state index in [0.29, 0.717) is 23.2 Å². The fourth-order valence-corrected chi connectivity index (χ4v) is 2.97. The maximum absolute atomic E-state index is 12.3. The first-order chi connectivity index (χ1) is 14.3. The Labute approximate surface area is 173 Å². The van der Waals surface area contributed by atoms with Crippen LogP contribution in [0.5, 0.6) is 5.75 Å². The van der Waals surface area contributed by atoms with Gasteiger partial charge >= 0.3 is 6.36 Å². The standard InChI is InChI=1S/C20H14ClF3N4O2/c1-12-8-15(11-28(12)10-13-2-7-17(21)25-9-13)19-26-18(27-30-19)14-3-5-16(6-4-14)29-20(22,23)24/h2-9,11H,10H2,1H3. The molecule has 0 atom stereocenters. The van der Waals surface area contributed by atoms with E-state index in [1.54, 1.807) is 12.3 Å². The number of aryl methyl sites for hydroxylation is 1. The van der Waals surface area contributed by atoms with Crippen LogP contribution in [0.2, 0.25) is 5.15 Å². The third-order valence-electron chi connectivity index (χ3n) is 4.27. The number of ether oxygens (including phenoxy) is 1. The molecule has 0 N–H and O–H groups in total. The lowest BCUT2D eigenvalue weighted by molar-refractivity contribution is -0.274. The van der Waals surface area contributed by atoms with E-state index in [2.05, 4.69) is 19.9 Å². The molecule has 0 aliphatic carbocycles. The van der Waals surface area contributed by atoms with Crippen molar-refractivity contribution in [2.24, 2.45) is 0 Å². The van der Waals surface area contributed by atoms with Crippen molar-refractivity contribution in [1.29, 1.82) is 0 Å². The molecule has 3 aromatic heterocycles. The van der Waals surface area contributed by atoms with Gasteiger partial charge in [-0.15, -0.1) is 13.2 Å². The molecular weight excluding hydrogens is 421 g/mol. The van der Waals surface area contributed by atoms with E-state index >= 15 is 0 Å². The van der Waals surface area contributed by atoms with Crippen molar-refractivity contribution in [3.8, 4) is 28.6 Å². The molecule has 0 amide bonds. The lowest BCUT2D eigenvalue weighted by Gasteiger charge is -2.08. The van der Waals surface area contributed by atoms with Crippen molar-refractivity contribution in [3.05, 3.63) is 71.3 Å². The molecule has 154 valence electrons. The number of alkyl halides is 3. The minimum Gasteiger partial charge on any atom is -0.406 e. The molecule has 0 fully saturated rings. The molecule has 0 saturated carbocycles. The number of rotatable bonds is 5. The predicted octanol–water partition coefficient (Wildman–Crippen LogP) is 5.51. The Morgan fingerprint density at radius 1 is 1.10 bits per heavy atom. The first-order valence-corrected chi connectivity index (χ1v) is 9.12. The molecule has 3 heterocycles. The second-order valence-electron chi connectivity index (χ2n) is 6.48. The molecule has 0 spiro atoms. The first-order valence-electron chi connectivity index (χ1n) is 8.74. The monoisotopic (exact) mass is 434 g/mol. The van der Waals surface area contributed by atoms with Gasteiger partial charge in [0.2, 0.25) is 5.82 Å². The summed E-state index contributed by atoms with van der Waals surface area (Å²) in [6.07, 6.45) is -1.16. The highest BCUT2D eigenvalue weighted by Gasteiger charge is 2.31. The highest BCUT2D eigenvalue weighted by atomic mass is 35.5. The SMILES string of the molecule is Cc1cc(-c2nc(-c3ccc(OC(F)(F)F)cc3)no2)cn1Cc1ccc(Cl)nc1. The minimum atomic E-state index is -4.74. The van der Waals surface area contributed by atoms with Crippen molar-refractivity contribution in [3.63, 3.8) is 0 Å². The van der Waals surface area contributed by atoms with Gasteiger partial charge < -0.3 is 13.8 Å². The maximum atomic E-state index is 12.3. The van der Waals surface area contributed by atoms with Gasteiger partial charge in [0.05, 0.1) is 5.56 Å². The molecule has 4 rings (SSSR count). The van der Waals surface area contributed by atoms with Crippen LogP contribution in [0.15, 0.2) is 59.4 Å². The van der Waals surface area contributed by atoms with Gasteiger partial charge in [-0.1, -0.05) is 22.8 Å². The van der Waals surface area contributed by atoms with Gasteiger partial charge in [-0.05, 0) is 48.9 Å². The second kappa shape index (κ2) is 7.83. The van der Waals surface area contributed by atoms with Crippen LogP contribution < -0.4 is 4.74 Å². The van der Waals surface area contributed by atoms with Crippen molar-refractivity contribution in [2.45, 2.75) is 19.8 Å². The molecule has 4 aromatic rings. The lowest BCUT2D eigenvalue weighted by Crippen LogP contribution is -2.16. The molecule has 0 unspecified atom stereocenters. The highest BCUT2D eigenvalue weighted by molar-refractivity contribution is 6.29. The van der Waals surface area contributed by atoms with Crippen molar-refractivity contribution in [2.75, 3.05) is 0 Å². The van der Waals surface area contributed by atoms with E-state index < -0.39 is 6.36 Å². The zero-order valence-electron chi connectivity index (χ0n) is 15.5. The molecule has 0 radical (unpaired) electrons. The zero-order chi connectivity index (χ0) is 21.3. The van der Waals surface area contributed by atoms with Gasteiger partial charge in [0.1, 0.15) is 10.9 Å². The molecule has 0 saturated heterocycles. The van der Waals surface area contributed by atoms with E-state index in [9.17, 15) is 13.2 Å². The van der Waals surface area contributed by atoms with Crippen LogP contribution in [0, 0.1) is 6.92 Å². The molecule has 0 aliphatic heterocycles. The lowest BCUT2D eigenvalue weighted by atomic mass is 10.2. The van der Waals surface area contributed by atoms with Crippen LogP contribution in [0.4, 0.5) is 13.2 Å². The number of halogens is 4. The van der Waals surface area contributed by atoms with Crippen LogP contribution >= 0.6 is 11.6 Å². The number of aromatic nitrogens is 4. The van der Waals surface area contributed by atoms with Crippen LogP contribution in [0.1, 0.15) is 11.3 Å². The Morgan fingerprint density at radius 3 is 2.53 bits per heavy atom. The van der Waals surface area contributed by atoms with E-state index in [0.717, 1.165) is 16.8 Å². The summed E-state index contributed by atoms with van der Waals surface area (Å²) in [5, 5.41) is 4.35. The Hall–Kier alpha value is -3.33. The molecule has 6 nitrogen and oxygen atoms in total. The Morgan fingerprint density at radius 2 is 1.87 bits per heavy atom. The summed E-state index contributed by atoms with van der Waals surface area (Å²) < 4.78 is 48.0. The Balaban J connectivity index is 1.52. The number of nitrogens with zero attached hydrogens (tertiary/aromatic N) is 4. The Bertz CT molecular complexity index is 1150. The largest absolute Gasteiger partial charge is 0.573 e. The fourth-order valence-electron chi connectivity index (χ4n) is 2.86. The number of benzene rings is 1. The van der Waals surface area contributed by atoms with Gasteiger partial charge in [0.15, 0.2) is 0 Å². The van der Waals surface area contributed by atoms with Crippen molar-refractivity contribution in [1.82, 2.24) is 19.7 Å². The second-order valence-corrected chi connectivity index (χ2v) is 6.87.